The molecule has 0 spiro atoms. The second-order valence-electron chi connectivity index (χ2n) is 12.0. The minimum absolute atomic E-state index is 0. The molecule has 0 unspecified atom stereocenters. The molecule has 0 aliphatic carbocycles. The van der Waals surface area contributed by atoms with Crippen LogP contribution >= 0.6 is 0 Å². The van der Waals surface area contributed by atoms with E-state index >= 15 is 0 Å². The number of nitro groups is 1. The molecule has 0 bridgehead atoms. The van der Waals surface area contributed by atoms with Crippen LogP contribution in [0.2, 0.25) is 0 Å². The maximum atomic E-state index is 10.6. The molecule has 0 fully saturated rings. The zero-order valence-electron chi connectivity index (χ0n) is 29.3. The Morgan fingerprint density at radius 1 is 0.518 bits per heavy atom. The molecule has 271 valence electrons. The molecule has 9 aromatic rings. The van der Waals surface area contributed by atoms with Gasteiger partial charge in [0.25, 0.3) is 0 Å². The maximum absolute atomic E-state index is 10.6. The van der Waals surface area contributed by atoms with E-state index in [1.165, 1.54) is 18.2 Å². The van der Waals surface area contributed by atoms with Gasteiger partial charge < -0.3 is 4.98 Å². The van der Waals surface area contributed by atoms with Crippen molar-refractivity contribution >= 4 is 16.5 Å². The second kappa shape index (κ2) is 17.3. The Labute approximate surface area is 334 Å². The number of aromatic nitrogens is 8. The zero-order valence-corrected chi connectivity index (χ0v) is 31.7. The third-order valence-electron chi connectivity index (χ3n) is 8.45. The third kappa shape index (κ3) is 8.42. The number of pyridine rings is 1. The predicted molar refractivity (Wildman–Crippen MR) is 210 cm³/mol. The minimum atomic E-state index is -0.490. The largest absolute Gasteiger partial charge is 0.305 e. The van der Waals surface area contributed by atoms with E-state index in [1.807, 2.05) is 121 Å². The van der Waals surface area contributed by atoms with Crippen molar-refractivity contribution in [3.05, 3.63) is 186 Å². The van der Waals surface area contributed by atoms with Crippen molar-refractivity contribution in [1.29, 1.82) is 0 Å². The molecule has 0 saturated carbocycles. The van der Waals surface area contributed by atoms with E-state index in [0.29, 0.717) is 28.9 Å². The Bertz CT molecular complexity index is 2660. The molecule has 9 rings (SSSR count). The first-order valence-electron chi connectivity index (χ1n) is 17.1. The Balaban J connectivity index is 0.000000188. The summed E-state index contributed by atoms with van der Waals surface area (Å²) < 4.78 is 0. The van der Waals surface area contributed by atoms with Crippen molar-refractivity contribution in [2.45, 2.75) is 0 Å². The number of rotatable bonds is 7. The Morgan fingerprint density at radius 3 is 1.62 bits per heavy atom. The number of hydrogen-bond acceptors (Lipinski definition) is 10. The van der Waals surface area contributed by atoms with Gasteiger partial charge in [0.15, 0.2) is 23.2 Å². The molecule has 12 heteroatoms. The van der Waals surface area contributed by atoms with Crippen LogP contribution in [-0.4, -0.2) is 45.3 Å². The maximum Gasteiger partial charge on any atom is 0.201 e. The molecular formula is C44H27IrN9O2-2. The molecular weight excluding hydrogens is 879 g/mol. The molecule has 11 nitrogen and oxygen atoms in total. The summed E-state index contributed by atoms with van der Waals surface area (Å²) >= 11 is 0. The fraction of sp³-hybridized carbons (Fsp3) is 0. The summed E-state index contributed by atoms with van der Waals surface area (Å²) in [7, 11) is 0. The first-order chi connectivity index (χ1) is 27.1. The normalized spacial score (nSPS) is 10.5. The van der Waals surface area contributed by atoms with Crippen molar-refractivity contribution in [2.75, 3.05) is 0 Å². The van der Waals surface area contributed by atoms with Gasteiger partial charge >= 0.3 is 0 Å². The van der Waals surface area contributed by atoms with Crippen molar-refractivity contribution < 1.29 is 25.0 Å². The van der Waals surface area contributed by atoms with Gasteiger partial charge in [-0.1, -0.05) is 139 Å². The summed E-state index contributed by atoms with van der Waals surface area (Å²) in [6.45, 7) is 0. The predicted octanol–water partition coefficient (Wildman–Crippen LogP) is 9.19. The van der Waals surface area contributed by atoms with Gasteiger partial charge in [-0.3, -0.25) is 10.1 Å². The van der Waals surface area contributed by atoms with Crippen LogP contribution in [0, 0.1) is 22.2 Å². The van der Waals surface area contributed by atoms with E-state index in [4.69, 9.17) is 15.0 Å². The first kappa shape index (κ1) is 37.1. The summed E-state index contributed by atoms with van der Waals surface area (Å²) in [5.74, 6) is 2.57. The van der Waals surface area contributed by atoms with Crippen LogP contribution in [0.15, 0.2) is 164 Å². The smallest absolute Gasteiger partial charge is 0.201 e. The minimum Gasteiger partial charge on any atom is -0.305 e. The van der Waals surface area contributed by atoms with E-state index in [-0.39, 0.29) is 31.6 Å². The Hall–Kier alpha value is -7.27. The third-order valence-corrected chi connectivity index (χ3v) is 8.45. The number of nitro benzene ring substituents is 1. The number of benzene rings is 6. The van der Waals surface area contributed by atoms with E-state index in [2.05, 4.69) is 55.7 Å². The topological polar surface area (TPSA) is 146 Å². The van der Waals surface area contributed by atoms with E-state index in [0.717, 1.165) is 44.3 Å². The van der Waals surface area contributed by atoms with Crippen molar-refractivity contribution in [2.24, 2.45) is 0 Å². The van der Waals surface area contributed by atoms with Crippen molar-refractivity contribution in [1.82, 2.24) is 40.3 Å². The van der Waals surface area contributed by atoms with E-state index < -0.39 is 4.92 Å². The van der Waals surface area contributed by atoms with Crippen LogP contribution < -0.4 is 0 Å². The second-order valence-corrected chi connectivity index (χ2v) is 12.0. The van der Waals surface area contributed by atoms with Crippen molar-refractivity contribution in [3.8, 4) is 68.2 Å². The Morgan fingerprint density at radius 2 is 1.05 bits per heavy atom. The zero-order chi connectivity index (χ0) is 37.4. The van der Waals surface area contributed by atoms with Gasteiger partial charge in [-0.15, -0.1) is 57.0 Å². The summed E-state index contributed by atoms with van der Waals surface area (Å²) in [6, 6.07) is 55.8. The molecule has 0 saturated heterocycles. The van der Waals surface area contributed by atoms with Crippen LogP contribution in [0.4, 0.5) is 5.69 Å². The van der Waals surface area contributed by atoms with Gasteiger partial charge in [0.1, 0.15) is 5.82 Å². The van der Waals surface area contributed by atoms with Crippen LogP contribution in [0.5, 0.6) is 0 Å². The monoisotopic (exact) mass is 906 g/mol. The van der Waals surface area contributed by atoms with Gasteiger partial charge in [0.2, 0.25) is 5.82 Å². The number of hydrogen-bond donors (Lipinski definition) is 0. The summed E-state index contributed by atoms with van der Waals surface area (Å²) in [4.78, 5) is 29.2. The standard InChI is InChI=1S/C30H19N4.C14H8N5O2.Ir/c1-3-11-22(12-4-1)28-32-29(23-13-5-2-6-14-23)34-30(33-28)24-18-19-31-27(20-24)26-17-9-15-21-10-7-8-16-25(21)26;20-19(21)12-8-6-11(7-9-12)14-17-15-13(16-18-14)10-4-2-1-3-5-10;/h1-16,18-20H;1-6,8-9H;/q2*-1;. The van der Waals surface area contributed by atoms with Gasteiger partial charge in [0.05, 0.1) is 0 Å². The summed E-state index contributed by atoms with van der Waals surface area (Å²) in [5.41, 5.74) is 5.83. The molecule has 0 atom stereocenters. The van der Waals surface area contributed by atoms with Crippen molar-refractivity contribution in [3.63, 3.8) is 0 Å². The fourth-order valence-electron chi connectivity index (χ4n) is 5.73. The number of fused-ring (bicyclic) bond motifs is 1. The molecule has 6 aromatic carbocycles. The van der Waals surface area contributed by atoms with E-state index in [9.17, 15) is 10.1 Å². The summed E-state index contributed by atoms with van der Waals surface area (Å²) in [5, 5.41) is 28.8. The molecule has 1 radical (unpaired) electrons. The number of non-ortho nitro benzene ring substituents is 1. The molecule has 3 heterocycles. The number of nitrogens with zero attached hydrogens (tertiary/aromatic N) is 9. The fourth-order valence-corrected chi connectivity index (χ4v) is 5.73. The molecule has 0 amide bonds. The van der Waals surface area contributed by atoms with Crippen LogP contribution in [0.3, 0.4) is 0 Å². The molecule has 0 N–H and O–H groups in total. The van der Waals surface area contributed by atoms with Crippen LogP contribution in [0.1, 0.15) is 0 Å². The average molecular weight is 906 g/mol. The van der Waals surface area contributed by atoms with Crippen LogP contribution in [0.25, 0.3) is 79.0 Å². The van der Waals surface area contributed by atoms with Gasteiger partial charge in [-0.05, 0) is 11.8 Å². The van der Waals surface area contributed by atoms with E-state index in [1.54, 1.807) is 6.20 Å². The molecule has 3 aromatic heterocycles. The quantitative estimate of drug-likeness (QED) is 0.0862. The van der Waals surface area contributed by atoms with Crippen LogP contribution in [-0.2, 0) is 20.1 Å². The van der Waals surface area contributed by atoms with Gasteiger partial charge in [-0.2, -0.15) is 10.2 Å². The molecule has 0 aliphatic heterocycles. The Kier molecular flexibility index (Phi) is 11.4. The SMILES string of the molecule is O=[N+]([O-])c1c[c-]c(-c2nnc(-c3ccccc3)nn2)cc1.[Ir].[c-]1ccc2ccccc2c1-c1cc(-c2nc(-c3ccccc3)nc(-c3ccccc3)n2)ccn1. The summed E-state index contributed by atoms with van der Waals surface area (Å²) in [6.07, 6.45) is 1.80. The first-order valence-corrected chi connectivity index (χ1v) is 17.1. The molecule has 56 heavy (non-hydrogen) atoms. The molecule has 0 aliphatic rings. The van der Waals surface area contributed by atoms with Gasteiger partial charge in [0, 0.05) is 53.5 Å². The average Bonchev–Trinajstić information content (AvgIpc) is 3.27. The van der Waals surface area contributed by atoms with Gasteiger partial charge in [-0.25, -0.2) is 15.0 Å².